The molecule has 1 amide bonds. The zero-order valence-electron chi connectivity index (χ0n) is 14.7. The molecule has 7 nitrogen and oxygen atoms in total. The number of hydrogen-bond acceptors (Lipinski definition) is 5. The lowest BCUT2D eigenvalue weighted by Gasteiger charge is -2.19. The lowest BCUT2D eigenvalue weighted by atomic mass is 9.93. The summed E-state index contributed by atoms with van der Waals surface area (Å²) in [7, 11) is -3.50. The zero-order chi connectivity index (χ0) is 19.4. The highest BCUT2D eigenvalue weighted by Crippen LogP contribution is 2.40. The summed E-state index contributed by atoms with van der Waals surface area (Å²) < 4.78 is 26.5. The van der Waals surface area contributed by atoms with Crippen LogP contribution in [0.3, 0.4) is 0 Å². The molecular formula is C19H19N3O4S. The number of benzene rings is 2. The van der Waals surface area contributed by atoms with Crippen molar-refractivity contribution >= 4 is 27.3 Å². The van der Waals surface area contributed by atoms with Crippen LogP contribution in [-0.4, -0.2) is 25.2 Å². The van der Waals surface area contributed by atoms with E-state index in [0.29, 0.717) is 35.2 Å². The molecule has 8 heteroatoms. The van der Waals surface area contributed by atoms with Crippen LogP contribution in [0, 0.1) is 0 Å². The van der Waals surface area contributed by atoms with Gasteiger partial charge in [-0.15, -0.1) is 10.2 Å². The van der Waals surface area contributed by atoms with Crippen LogP contribution in [-0.2, 0) is 22.9 Å². The van der Waals surface area contributed by atoms with Gasteiger partial charge in [-0.3, -0.25) is 9.52 Å². The van der Waals surface area contributed by atoms with Gasteiger partial charge in [0, 0.05) is 11.1 Å². The Morgan fingerprint density at radius 3 is 2.48 bits per heavy atom. The maximum absolute atomic E-state index is 12.1. The summed E-state index contributed by atoms with van der Waals surface area (Å²) in [5.41, 5.74) is 2.03. The average molecular weight is 385 g/mol. The van der Waals surface area contributed by atoms with Crippen LogP contribution in [0.25, 0.3) is 0 Å². The number of carbonyl (C=O) groups is 1. The largest absolute Gasteiger partial charge is 0.505 e. The molecule has 0 heterocycles. The molecule has 0 aliphatic heterocycles. The molecule has 1 aliphatic carbocycles. The van der Waals surface area contributed by atoms with E-state index in [1.807, 2.05) is 12.2 Å². The number of fused-ring (bicyclic) bond motifs is 1. The second-order valence-corrected chi connectivity index (χ2v) is 8.02. The summed E-state index contributed by atoms with van der Waals surface area (Å²) >= 11 is 0. The van der Waals surface area contributed by atoms with E-state index < -0.39 is 15.9 Å². The predicted molar refractivity (Wildman–Crippen MR) is 103 cm³/mol. The van der Waals surface area contributed by atoms with Gasteiger partial charge in [0.15, 0.2) is 0 Å². The van der Waals surface area contributed by atoms with Gasteiger partial charge in [0.2, 0.25) is 10.0 Å². The van der Waals surface area contributed by atoms with Gasteiger partial charge < -0.3 is 5.11 Å². The van der Waals surface area contributed by atoms with Crippen LogP contribution < -0.4 is 4.72 Å². The molecule has 0 atom stereocenters. The molecule has 0 radical (unpaired) electrons. The summed E-state index contributed by atoms with van der Waals surface area (Å²) in [5, 5.41) is 18.1. The molecule has 0 unspecified atom stereocenters. The molecule has 1 aliphatic rings. The van der Waals surface area contributed by atoms with E-state index in [4.69, 9.17) is 0 Å². The molecule has 2 aromatic carbocycles. The Kier molecular flexibility index (Phi) is 5.36. The standard InChI is InChI=1S/C19H19N3O4S/c1-2-27(25,26)22-16-12-17(18(23)15-11-7-6-10-14(15)16)20-21-19(24)13-8-4-3-5-9-13/h3-9,12,22-23H,2,10-11H2,1H3. The number of phenols is 1. The second-order valence-electron chi connectivity index (χ2n) is 6.01. The summed E-state index contributed by atoms with van der Waals surface area (Å²) in [5.74, 6) is -0.733. The normalized spacial score (nSPS) is 13.5. The second kappa shape index (κ2) is 7.71. The number of nitrogens with zero attached hydrogens (tertiary/aromatic N) is 2. The minimum atomic E-state index is -3.50. The number of amides is 1. The summed E-state index contributed by atoms with van der Waals surface area (Å²) in [4.78, 5) is 12.1. The third kappa shape index (κ3) is 4.22. The average Bonchev–Trinajstić information content (AvgIpc) is 2.69. The molecule has 2 N–H and O–H groups in total. The monoisotopic (exact) mass is 385 g/mol. The maximum Gasteiger partial charge on any atom is 0.295 e. The van der Waals surface area contributed by atoms with Crippen LogP contribution >= 0.6 is 0 Å². The Bertz CT molecular complexity index is 1030. The molecule has 0 saturated heterocycles. The Hall–Kier alpha value is -3.00. The van der Waals surface area contributed by atoms with Crippen molar-refractivity contribution in [3.05, 3.63) is 65.2 Å². The first-order valence-corrected chi connectivity index (χ1v) is 10.1. The third-order valence-corrected chi connectivity index (χ3v) is 5.52. The zero-order valence-corrected chi connectivity index (χ0v) is 15.5. The number of sulfonamides is 1. The number of rotatable bonds is 5. The van der Waals surface area contributed by atoms with Crippen LogP contribution in [0.1, 0.15) is 28.4 Å². The molecule has 0 fully saturated rings. The Labute approximate surface area is 157 Å². The van der Waals surface area contributed by atoms with E-state index in [1.54, 1.807) is 30.3 Å². The lowest BCUT2D eigenvalue weighted by molar-refractivity contribution is 0.0995. The molecule has 140 valence electrons. The highest BCUT2D eigenvalue weighted by atomic mass is 32.2. The number of anilines is 1. The predicted octanol–water partition coefficient (Wildman–Crippen LogP) is 3.73. The van der Waals surface area contributed by atoms with Crippen LogP contribution in [0.5, 0.6) is 5.75 Å². The summed E-state index contributed by atoms with van der Waals surface area (Å²) in [6.07, 6.45) is 4.73. The van der Waals surface area contributed by atoms with Gasteiger partial charge >= 0.3 is 0 Å². The van der Waals surface area contributed by atoms with E-state index >= 15 is 0 Å². The minimum Gasteiger partial charge on any atom is -0.505 e. The van der Waals surface area contributed by atoms with E-state index in [1.165, 1.54) is 13.0 Å². The fraction of sp³-hybridized carbons (Fsp3) is 0.211. The number of hydrogen-bond donors (Lipinski definition) is 2. The highest BCUT2D eigenvalue weighted by molar-refractivity contribution is 7.92. The highest BCUT2D eigenvalue weighted by Gasteiger charge is 2.21. The van der Waals surface area contributed by atoms with Crippen molar-refractivity contribution < 1.29 is 18.3 Å². The quantitative estimate of drug-likeness (QED) is 0.464. The van der Waals surface area contributed by atoms with Crippen molar-refractivity contribution in [2.45, 2.75) is 19.8 Å². The van der Waals surface area contributed by atoms with E-state index in [2.05, 4.69) is 15.0 Å². The van der Waals surface area contributed by atoms with Crippen LogP contribution in [0.4, 0.5) is 11.4 Å². The number of nitrogens with one attached hydrogen (secondary N) is 1. The number of azo groups is 1. The topological polar surface area (TPSA) is 108 Å². The SMILES string of the molecule is CCS(=O)(=O)Nc1cc(N=NC(=O)c2ccccc2)c(O)c2c1CC=CC2. The van der Waals surface area contributed by atoms with Crippen LogP contribution in [0.15, 0.2) is 58.8 Å². The van der Waals surface area contributed by atoms with Gasteiger partial charge in [0.25, 0.3) is 5.91 Å². The first-order valence-electron chi connectivity index (χ1n) is 8.45. The number of aromatic hydroxyl groups is 1. The molecule has 2 aromatic rings. The van der Waals surface area contributed by atoms with Gasteiger partial charge in [-0.25, -0.2) is 8.42 Å². The van der Waals surface area contributed by atoms with Crippen molar-refractivity contribution in [3.63, 3.8) is 0 Å². The lowest BCUT2D eigenvalue weighted by Crippen LogP contribution is -2.17. The molecule has 0 aromatic heterocycles. The van der Waals surface area contributed by atoms with Gasteiger partial charge in [-0.2, -0.15) is 0 Å². The van der Waals surface area contributed by atoms with E-state index in [9.17, 15) is 18.3 Å². The number of allylic oxidation sites excluding steroid dienone is 2. The smallest absolute Gasteiger partial charge is 0.295 e. The fourth-order valence-electron chi connectivity index (χ4n) is 2.75. The van der Waals surface area contributed by atoms with Crippen molar-refractivity contribution in [2.75, 3.05) is 10.5 Å². The molecule has 27 heavy (non-hydrogen) atoms. The van der Waals surface area contributed by atoms with Crippen molar-refractivity contribution in [3.8, 4) is 5.75 Å². The minimum absolute atomic E-state index is 0.0436. The van der Waals surface area contributed by atoms with Crippen molar-refractivity contribution in [2.24, 2.45) is 10.2 Å². The molecular weight excluding hydrogens is 366 g/mol. The fourth-order valence-corrected chi connectivity index (χ4v) is 3.41. The molecule has 3 rings (SSSR count). The third-order valence-electron chi connectivity index (χ3n) is 4.22. The van der Waals surface area contributed by atoms with Crippen molar-refractivity contribution in [1.82, 2.24) is 0 Å². The van der Waals surface area contributed by atoms with Gasteiger partial charge in [0.05, 0.1) is 11.4 Å². The summed E-state index contributed by atoms with van der Waals surface area (Å²) in [6, 6.07) is 9.83. The Morgan fingerprint density at radius 2 is 1.81 bits per heavy atom. The van der Waals surface area contributed by atoms with Crippen LogP contribution in [0.2, 0.25) is 0 Å². The Morgan fingerprint density at radius 1 is 1.15 bits per heavy atom. The first kappa shape index (κ1) is 18.8. The summed E-state index contributed by atoms with van der Waals surface area (Å²) in [6.45, 7) is 1.54. The first-order chi connectivity index (χ1) is 12.9. The molecule has 0 saturated carbocycles. The molecule has 0 bridgehead atoms. The van der Waals surface area contributed by atoms with Gasteiger partial charge in [-0.05, 0) is 43.5 Å². The maximum atomic E-state index is 12.1. The van der Waals surface area contributed by atoms with Gasteiger partial charge in [-0.1, -0.05) is 30.4 Å². The van der Waals surface area contributed by atoms with Gasteiger partial charge in [0.1, 0.15) is 11.4 Å². The van der Waals surface area contributed by atoms with E-state index in [-0.39, 0.29) is 17.2 Å². The number of carbonyl (C=O) groups excluding carboxylic acids is 1. The van der Waals surface area contributed by atoms with E-state index in [0.717, 1.165) is 0 Å². The Balaban J connectivity index is 2.00. The molecule has 0 spiro atoms. The van der Waals surface area contributed by atoms with Crippen molar-refractivity contribution in [1.29, 1.82) is 0 Å². The number of phenolic OH excluding ortho intramolecular Hbond substituents is 1.